The Morgan fingerprint density at radius 3 is 2.14 bits per heavy atom. The molecule has 116 valence electrons. The fourth-order valence-electron chi connectivity index (χ4n) is 2.20. The average molecular weight is 298 g/mol. The number of hydrogen-bond donors (Lipinski definition) is 0. The molecule has 0 saturated carbocycles. The number of methoxy groups -OCH3 is 1. The van der Waals surface area contributed by atoms with Gasteiger partial charge in [0.1, 0.15) is 11.5 Å². The van der Waals surface area contributed by atoms with Crippen LogP contribution in [0, 0.1) is 0 Å². The van der Waals surface area contributed by atoms with Gasteiger partial charge in [-0.2, -0.15) is 0 Å². The van der Waals surface area contributed by atoms with Crippen molar-refractivity contribution in [3.8, 4) is 11.5 Å². The molecular weight excluding hydrogens is 276 g/mol. The topological polar surface area (TPSA) is 35.5 Å². The zero-order valence-electron chi connectivity index (χ0n) is 13.2. The molecule has 2 aromatic rings. The predicted octanol–water partition coefficient (Wildman–Crippen LogP) is 4.65. The number of unbranched alkanes of at least 4 members (excludes halogenated alkanes) is 2. The van der Waals surface area contributed by atoms with Crippen molar-refractivity contribution in [2.75, 3.05) is 7.11 Å². The molecule has 0 fully saturated rings. The normalized spacial score (nSPS) is 10.3. The zero-order chi connectivity index (χ0) is 15.8. The lowest BCUT2D eigenvalue weighted by molar-refractivity contribution is 0.0734. The third-order valence-electron chi connectivity index (χ3n) is 3.53. The largest absolute Gasteiger partial charge is 0.497 e. The molecule has 0 N–H and O–H groups in total. The smallest absolute Gasteiger partial charge is 0.343 e. The van der Waals surface area contributed by atoms with Crippen LogP contribution in [0.15, 0.2) is 48.5 Å². The molecule has 0 radical (unpaired) electrons. The van der Waals surface area contributed by atoms with Crippen LogP contribution in [0.1, 0.15) is 42.1 Å². The molecule has 22 heavy (non-hydrogen) atoms. The molecule has 0 atom stereocenters. The van der Waals surface area contributed by atoms with Gasteiger partial charge >= 0.3 is 5.97 Å². The van der Waals surface area contributed by atoms with Crippen molar-refractivity contribution in [2.24, 2.45) is 0 Å². The van der Waals surface area contributed by atoms with Gasteiger partial charge in [-0.25, -0.2) is 4.79 Å². The maximum atomic E-state index is 12.1. The van der Waals surface area contributed by atoms with E-state index in [0.29, 0.717) is 11.3 Å². The molecule has 0 spiro atoms. The number of benzene rings is 2. The number of aryl methyl sites for hydroxylation is 1. The molecule has 0 amide bonds. The highest BCUT2D eigenvalue weighted by atomic mass is 16.5. The Hall–Kier alpha value is -2.29. The SMILES string of the molecule is CCCCCc1ccc(C(=O)Oc2ccc(OC)cc2)cc1. The number of rotatable bonds is 7. The van der Waals surface area contributed by atoms with Crippen molar-refractivity contribution >= 4 is 5.97 Å². The summed E-state index contributed by atoms with van der Waals surface area (Å²) < 4.78 is 10.4. The second-order valence-corrected chi connectivity index (χ2v) is 5.22. The Bertz CT molecular complexity index is 585. The number of esters is 1. The lowest BCUT2D eigenvalue weighted by atomic mass is 10.1. The predicted molar refractivity (Wildman–Crippen MR) is 87.6 cm³/mol. The van der Waals surface area contributed by atoms with Gasteiger partial charge in [-0.3, -0.25) is 0 Å². The Kier molecular flexibility index (Phi) is 6.01. The minimum atomic E-state index is -0.342. The van der Waals surface area contributed by atoms with Crippen LogP contribution in [0.2, 0.25) is 0 Å². The van der Waals surface area contributed by atoms with Gasteiger partial charge in [0.15, 0.2) is 0 Å². The van der Waals surface area contributed by atoms with Crippen molar-refractivity contribution in [1.29, 1.82) is 0 Å². The second-order valence-electron chi connectivity index (χ2n) is 5.22. The third-order valence-corrected chi connectivity index (χ3v) is 3.53. The highest BCUT2D eigenvalue weighted by molar-refractivity contribution is 5.91. The van der Waals surface area contributed by atoms with Crippen molar-refractivity contribution in [3.63, 3.8) is 0 Å². The molecule has 0 bridgehead atoms. The van der Waals surface area contributed by atoms with E-state index < -0.39 is 0 Å². The van der Waals surface area contributed by atoms with E-state index in [1.807, 2.05) is 24.3 Å². The van der Waals surface area contributed by atoms with Crippen LogP contribution in [0.4, 0.5) is 0 Å². The zero-order valence-corrected chi connectivity index (χ0v) is 13.2. The van der Waals surface area contributed by atoms with Gasteiger partial charge in [0.25, 0.3) is 0 Å². The second kappa shape index (κ2) is 8.23. The molecule has 0 aliphatic carbocycles. The van der Waals surface area contributed by atoms with E-state index in [1.165, 1.54) is 24.8 Å². The maximum Gasteiger partial charge on any atom is 0.343 e. The summed E-state index contributed by atoms with van der Waals surface area (Å²) in [6.45, 7) is 2.19. The summed E-state index contributed by atoms with van der Waals surface area (Å²) in [6, 6.07) is 14.6. The van der Waals surface area contributed by atoms with E-state index in [-0.39, 0.29) is 5.97 Å². The van der Waals surface area contributed by atoms with E-state index in [0.717, 1.165) is 12.2 Å². The highest BCUT2D eigenvalue weighted by Gasteiger charge is 2.08. The van der Waals surface area contributed by atoms with Crippen LogP contribution >= 0.6 is 0 Å². The third kappa shape index (κ3) is 4.62. The van der Waals surface area contributed by atoms with Crippen molar-refractivity contribution in [1.82, 2.24) is 0 Å². The summed E-state index contributed by atoms with van der Waals surface area (Å²) in [4.78, 5) is 12.1. The maximum absolute atomic E-state index is 12.1. The van der Waals surface area contributed by atoms with Gasteiger partial charge in [-0.1, -0.05) is 31.9 Å². The van der Waals surface area contributed by atoms with Gasteiger partial charge in [0.05, 0.1) is 12.7 Å². The quantitative estimate of drug-likeness (QED) is 0.424. The summed E-state index contributed by atoms with van der Waals surface area (Å²) >= 11 is 0. The van der Waals surface area contributed by atoms with Crippen LogP contribution in [0.25, 0.3) is 0 Å². The lowest BCUT2D eigenvalue weighted by Crippen LogP contribution is -2.08. The molecule has 0 saturated heterocycles. The molecule has 0 aliphatic heterocycles. The molecule has 0 unspecified atom stereocenters. The van der Waals surface area contributed by atoms with E-state index >= 15 is 0 Å². The first kappa shape index (κ1) is 16.1. The average Bonchev–Trinajstić information content (AvgIpc) is 2.56. The lowest BCUT2D eigenvalue weighted by Gasteiger charge is -2.06. The van der Waals surface area contributed by atoms with Gasteiger partial charge in [0.2, 0.25) is 0 Å². The summed E-state index contributed by atoms with van der Waals surface area (Å²) in [7, 11) is 1.60. The van der Waals surface area contributed by atoms with Gasteiger partial charge in [-0.15, -0.1) is 0 Å². The molecule has 0 heterocycles. The standard InChI is InChI=1S/C19H22O3/c1-3-4-5-6-15-7-9-16(10-8-15)19(20)22-18-13-11-17(21-2)12-14-18/h7-14H,3-6H2,1-2H3. The minimum Gasteiger partial charge on any atom is -0.497 e. The first-order chi connectivity index (χ1) is 10.7. The summed E-state index contributed by atoms with van der Waals surface area (Å²) in [5.74, 6) is 0.902. The van der Waals surface area contributed by atoms with Crippen LogP contribution < -0.4 is 9.47 Å². The Balaban J connectivity index is 1.94. The summed E-state index contributed by atoms with van der Waals surface area (Å²) in [5, 5.41) is 0. The van der Waals surface area contributed by atoms with Gasteiger partial charge in [0, 0.05) is 0 Å². The van der Waals surface area contributed by atoms with E-state index in [2.05, 4.69) is 6.92 Å². The van der Waals surface area contributed by atoms with Crippen molar-refractivity contribution in [2.45, 2.75) is 32.6 Å². The summed E-state index contributed by atoms with van der Waals surface area (Å²) in [6.07, 6.45) is 4.70. The van der Waals surface area contributed by atoms with Crippen molar-refractivity contribution in [3.05, 3.63) is 59.7 Å². The van der Waals surface area contributed by atoms with Gasteiger partial charge in [-0.05, 0) is 54.8 Å². The Morgan fingerprint density at radius 2 is 1.55 bits per heavy atom. The molecular formula is C19H22O3. The van der Waals surface area contributed by atoms with Gasteiger partial charge < -0.3 is 9.47 Å². The minimum absolute atomic E-state index is 0.342. The van der Waals surface area contributed by atoms with Crippen molar-refractivity contribution < 1.29 is 14.3 Å². The first-order valence-corrected chi connectivity index (χ1v) is 7.68. The molecule has 3 nitrogen and oxygen atoms in total. The van der Waals surface area contributed by atoms with E-state index in [1.54, 1.807) is 31.4 Å². The Morgan fingerprint density at radius 1 is 0.909 bits per heavy atom. The van der Waals surface area contributed by atoms with Crippen LogP contribution in [-0.4, -0.2) is 13.1 Å². The van der Waals surface area contributed by atoms with Crippen LogP contribution in [-0.2, 0) is 6.42 Å². The van der Waals surface area contributed by atoms with Crippen LogP contribution in [0.3, 0.4) is 0 Å². The molecule has 3 heteroatoms. The number of carbonyl (C=O) groups is 1. The fourth-order valence-corrected chi connectivity index (χ4v) is 2.20. The molecule has 0 aliphatic rings. The summed E-state index contributed by atoms with van der Waals surface area (Å²) in [5.41, 5.74) is 1.82. The molecule has 2 aromatic carbocycles. The highest BCUT2D eigenvalue weighted by Crippen LogP contribution is 2.18. The monoisotopic (exact) mass is 298 g/mol. The molecule has 0 aromatic heterocycles. The molecule has 2 rings (SSSR count). The number of hydrogen-bond acceptors (Lipinski definition) is 3. The number of carbonyl (C=O) groups excluding carboxylic acids is 1. The van der Waals surface area contributed by atoms with E-state index in [4.69, 9.17) is 9.47 Å². The fraction of sp³-hybridized carbons (Fsp3) is 0.316. The van der Waals surface area contributed by atoms with Crippen LogP contribution in [0.5, 0.6) is 11.5 Å². The van der Waals surface area contributed by atoms with E-state index in [9.17, 15) is 4.79 Å². The number of ether oxygens (including phenoxy) is 2. The Labute approximate surface area is 131 Å². The first-order valence-electron chi connectivity index (χ1n) is 7.68.